The summed E-state index contributed by atoms with van der Waals surface area (Å²) in [5.74, 6) is 0.989. The zero-order chi connectivity index (χ0) is 24.1. The second kappa shape index (κ2) is 10.0. The molecule has 0 fully saturated rings. The maximum atomic E-state index is 12.7. The van der Waals surface area contributed by atoms with Crippen LogP contribution in [0.5, 0.6) is 11.5 Å². The van der Waals surface area contributed by atoms with Gasteiger partial charge < -0.3 is 9.47 Å². The first-order chi connectivity index (χ1) is 16.4. The van der Waals surface area contributed by atoms with Gasteiger partial charge in [0.1, 0.15) is 11.5 Å². The van der Waals surface area contributed by atoms with Crippen molar-refractivity contribution in [2.24, 2.45) is 0 Å². The molecule has 0 saturated carbocycles. The van der Waals surface area contributed by atoms with Crippen LogP contribution >= 0.6 is 11.3 Å². The highest BCUT2D eigenvalue weighted by Gasteiger charge is 2.18. The molecule has 10 nitrogen and oxygen atoms in total. The third kappa shape index (κ3) is 5.25. The van der Waals surface area contributed by atoms with Crippen molar-refractivity contribution in [3.8, 4) is 22.9 Å². The molecule has 0 spiro atoms. The largest absolute Gasteiger partial charge is 0.497 e. The molecule has 0 aliphatic carbocycles. The fraction of sp³-hybridized carbons (Fsp3) is 0.136. The first-order valence-corrected chi connectivity index (χ1v) is 12.3. The number of hydrogen-bond acceptors (Lipinski definition) is 8. The molecule has 0 saturated heterocycles. The standard InChI is InChI=1S/C22H21N5O5S2/c1-31-15-8-9-18(19(12-15)32-2)20-24-22(27-26-20)25-21(28)14-5-3-7-17(11-14)34(29,30)23-13-16-6-4-10-33-16/h3-12,23H,13H2,1-2H3,(H2,24,25,26,27,28). The highest BCUT2D eigenvalue weighted by atomic mass is 32.2. The monoisotopic (exact) mass is 499 g/mol. The molecule has 1 amide bonds. The summed E-state index contributed by atoms with van der Waals surface area (Å²) in [5, 5.41) is 11.2. The summed E-state index contributed by atoms with van der Waals surface area (Å²) in [6, 6.07) is 14.6. The Morgan fingerprint density at radius 3 is 2.68 bits per heavy atom. The first-order valence-electron chi connectivity index (χ1n) is 9.98. The number of carbonyl (C=O) groups is 1. The second-order valence-corrected chi connectivity index (χ2v) is 9.76. The molecule has 2 aromatic carbocycles. The number of benzene rings is 2. The number of hydrogen-bond donors (Lipinski definition) is 3. The molecule has 12 heteroatoms. The molecule has 2 aromatic heterocycles. The Bertz CT molecular complexity index is 1400. The summed E-state index contributed by atoms with van der Waals surface area (Å²) in [5.41, 5.74) is 0.772. The van der Waals surface area contributed by atoms with E-state index in [-0.39, 0.29) is 23.0 Å². The van der Waals surface area contributed by atoms with Crippen LogP contribution in [0.2, 0.25) is 0 Å². The molecule has 2 heterocycles. The third-order valence-corrected chi connectivity index (χ3v) is 7.07. The number of sulfonamides is 1. The number of nitrogens with one attached hydrogen (secondary N) is 3. The van der Waals surface area contributed by atoms with Crippen molar-refractivity contribution in [2.75, 3.05) is 19.5 Å². The molecule has 0 radical (unpaired) electrons. The van der Waals surface area contributed by atoms with Gasteiger partial charge in [0.15, 0.2) is 5.82 Å². The fourth-order valence-electron chi connectivity index (χ4n) is 3.07. The van der Waals surface area contributed by atoms with Crippen LogP contribution in [0.25, 0.3) is 11.4 Å². The topological polar surface area (TPSA) is 135 Å². The van der Waals surface area contributed by atoms with E-state index in [1.165, 1.54) is 42.7 Å². The normalized spacial score (nSPS) is 11.2. The van der Waals surface area contributed by atoms with Gasteiger partial charge in [-0.25, -0.2) is 13.1 Å². The van der Waals surface area contributed by atoms with Crippen LogP contribution < -0.4 is 19.5 Å². The lowest BCUT2D eigenvalue weighted by Crippen LogP contribution is -2.23. The maximum Gasteiger partial charge on any atom is 0.258 e. The van der Waals surface area contributed by atoms with Crippen LogP contribution in [0.15, 0.2) is 64.9 Å². The fourth-order valence-corrected chi connectivity index (χ4v) is 4.86. The van der Waals surface area contributed by atoms with E-state index in [1.54, 1.807) is 25.3 Å². The number of methoxy groups -OCH3 is 2. The van der Waals surface area contributed by atoms with Crippen LogP contribution in [-0.4, -0.2) is 43.7 Å². The van der Waals surface area contributed by atoms with Gasteiger partial charge >= 0.3 is 0 Å². The number of ether oxygens (including phenoxy) is 2. The summed E-state index contributed by atoms with van der Waals surface area (Å²) < 4.78 is 38.4. The predicted octanol–water partition coefficient (Wildman–Crippen LogP) is 3.28. The maximum absolute atomic E-state index is 12.7. The van der Waals surface area contributed by atoms with Crippen molar-refractivity contribution in [1.82, 2.24) is 19.9 Å². The number of H-pyrrole nitrogens is 1. The van der Waals surface area contributed by atoms with E-state index in [0.717, 1.165) is 4.88 Å². The summed E-state index contributed by atoms with van der Waals surface area (Å²) in [4.78, 5) is 17.9. The average Bonchev–Trinajstić information content (AvgIpc) is 3.55. The van der Waals surface area contributed by atoms with Gasteiger partial charge in [-0.15, -0.1) is 16.4 Å². The minimum absolute atomic E-state index is 0.0182. The first kappa shape index (κ1) is 23.4. The second-order valence-electron chi connectivity index (χ2n) is 6.96. The molecule has 0 aliphatic heterocycles. The summed E-state index contributed by atoms with van der Waals surface area (Å²) in [6.45, 7) is 0.172. The van der Waals surface area contributed by atoms with E-state index in [9.17, 15) is 13.2 Å². The van der Waals surface area contributed by atoms with Crippen molar-refractivity contribution >= 4 is 33.2 Å². The Kier molecular flexibility index (Phi) is 6.91. The summed E-state index contributed by atoms with van der Waals surface area (Å²) >= 11 is 1.45. The smallest absolute Gasteiger partial charge is 0.258 e. The quantitative estimate of drug-likeness (QED) is 0.322. The van der Waals surface area contributed by atoms with Crippen molar-refractivity contribution in [2.45, 2.75) is 11.4 Å². The molecule has 0 bridgehead atoms. The Hall–Kier alpha value is -3.74. The van der Waals surface area contributed by atoms with Crippen LogP contribution in [-0.2, 0) is 16.6 Å². The highest BCUT2D eigenvalue weighted by Crippen LogP contribution is 2.31. The molecule has 34 heavy (non-hydrogen) atoms. The van der Waals surface area contributed by atoms with Crippen molar-refractivity contribution < 1.29 is 22.7 Å². The summed E-state index contributed by atoms with van der Waals surface area (Å²) in [6.07, 6.45) is 0. The third-order valence-electron chi connectivity index (χ3n) is 4.80. The Balaban J connectivity index is 1.48. The van der Waals surface area contributed by atoms with E-state index in [2.05, 4.69) is 25.2 Å². The minimum Gasteiger partial charge on any atom is -0.497 e. The lowest BCUT2D eigenvalue weighted by atomic mass is 10.2. The number of aromatic nitrogens is 3. The lowest BCUT2D eigenvalue weighted by molar-refractivity contribution is 0.102. The molecular weight excluding hydrogens is 478 g/mol. The summed E-state index contributed by atoms with van der Waals surface area (Å²) in [7, 11) is -0.722. The number of rotatable bonds is 9. The zero-order valence-electron chi connectivity index (χ0n) is 18.2. The van der Waals surface area contributed by atoms with Gasteiger partial charge in [-0.2, -0.15) is 4.98 Å². The molecule has 0 aliphatic rings. The molecule has 4 rings (SSSR count). The number of aromatic amines is 1. The van der Waals surface area contributed by atoms with E-state index < -0.39 is 15.9 Å². The van der Waals surface area contributed by atoms with E-state index in [1.807, 2.05) is 17.5 Å². The zero-order valence-corrected chi connectivity index (χ0v) is 19.9. The number of nitrogens with zero attached hydrogens (tertiary/aromatic N) is 2. The SMILES string of the molecule is COc1ccc(-c2nc(NC(=O)c3cccc(S(=O)(=O)NCc4cccs4)c3)n[nH]2)c(OC)c1. The van der Waals surface area contributed by atoms with Crippen LogP contribution in [0.3, 0.4) is 0 Å². The molecule has 176 valence electrons. The molecule has 0 unspecified atom stereocenters. The Morgan fingerprint density at radius 2 is 1.94 bits per heavy atom. The Morgan fingerprint density at radius 1 is 1.09 bits per heavy atom. The van der Waals surface area contributed by atoms with E-state index in [4.69, 9.17) is 9.47 Å². The molecule has 4 aromatic rings. The van der Waals surface area contributed by atoms with Crippen molar-refractivity contribution in [1.29, 1.82) is 0 Å². The van der Waals surface area contributed by atoms with E-state index >= 15 is 0 Å². The Labute approximate surface area is 200 Å². The van der Waals surface area contributed by atoms with E-state index in [0.29, 0.717) is 22.9 Å². The number of thiophene rings is 1. The highest BCUT2D eigenvalue weighted by molar-refractivity contribution is 7.89. The van der Waals surface area contributed by atoms with Gasteiger partial charge in [-0.1, -0.05) is 12.1 Å². The lowest BCUT2D eigenvalue weighted by Gasteiger charge is -2.08. The van der Waals surface area contributed by atoms with Crippen LogP contribution in [0.4, 0.5) is 5.95 Å². The van der Waals surface area contributed by atoms with Gasteiger partial charge in [-0.3, -0.25) is 15.2 Å². The van der Waals surface area contributed by atoms with Gasteiger partial charge in [0, 0.05) is 23.1 Å². The number of carbonyl (C=O) groups excluding carboxylic acids is 1. The van der Waals surface area contributed by atoms with Crippen molar-refractivity contribution in [3.63, 3.8) is 0 Å². The predicted molar refractivity (Wildman–Crippen MR) is 128 cm³/mol. The number of amides is 1. The average molecular weight is 500 g/mol. The molecule has 0 atom stereocenters. The van der Waals surface area contributed by atoms with Gasteiger partial charge in [0.2, 0.25) is 16.0 Å². The van der Waals surface area contributed by atoms with Crippen LogP contribution in [0.1, 0.15) is 15.2 Å². The van der Waals surface area contributed by atoms with Crippen molar-refractivity contribution in [3.05, 3.63) is 70.4 Å². The van der Waals surface area contributed by atoms with Gasteiger partial charge in [-0.05, 0) is 41.8 Å². The molecule has 3 N–H and O–H groups in total. The molecular formula is C22H21N5O5S2. The van der Waals surface area contributed by atoms with Gasteiger partial charge in [0.05, 0.1) is 24.7 Å². The number of anilines is 1. The van der Waals surface area contributed by atoms with Crippen LogP contribution in [0, 0.1) is 0 Å². The van der Waals surface area contributed by atoms with Gasteiger partial charge in [0.25, 0.3) is 5.91 Å². The minimum atomic E-state index is -3.80.